The Bertz CT molecular complexity index is 434. The van der Waals surface area contributed by atoms with E-state index in [-0.39, 0.29) is 0 Å². The van der Waals surface area contributed by atoms with E-state index in [1.165, 1.54) is 40.6 Å². The molecule has 0 aliphatic heterocycles. The summed E-state index contributed by atoms with van der Waals surface area (Å²) in [7, 11) is 5.28. The Morgan fingerprint density at radius 1 is 1.00 bits per heavy atom. The lowest BCUT2D eigenvalue weighted by Gasteiger charge is -2.38. The van der Waals surface area contributed by atoms with Crippen molar-refractivity contribution in [1.29, 1.82) is 0 Å². The van der Waals surface area contributed by atoms with Gasteiger partial charge in [0.15, 0.2) is 0 Å². The normalized spacial score (nSPS) is 11.7. The van der Waals surface area contributed by atoms with Crippen molar-refractivity contribution in [2.75, 3.05) is 28.4 Å². The monoisotopic (exact) mass is 284 g/mol. The van der Waals surface area contributed by atoms with Crippen LogP contribution in [0.3, 0.4) is 0 Å². The van der Waals surface area contributed by atoms with E-state index in [1.807, 2.05) is 0 Å². The van der Waals surface area contributed by atoms with E-state index >= 15 is 0 Å². The van der Waals surface area contributed by atoms with Crippen molar-refractivity contribution < 1.29 is 28.5 Å². The second-order valence-corrected chi connectivity index (χ2v) is 4.34. The molecule has 0 saturated heterocycles. The van der Waals surface area contributed by atoms with Crippen LogP contribution in [0.4, 0.5) is 0 Å². The fourth-order valence-corrected chi connectivity index (χ4v) is 1.51. The van der Waals surface area contributed by atoms with Crippen molar-refractivity contribution >= 4 is 11.9 Å². The van der Waals surface area contributed by atoms with Gasteiger partial charge in [-0.05, 0) is 5.92 Å². The first-order valence-electron chi connectivity index (χ1n) is 5.77. The minimum Gasteiger partial charge on any atom is -0.466 e. The fraction of sp³-hybridized carbons (Fsp3) is 0.571. The van der Waals surface area contributed by atoms with Crippen LogP contribution < -0.4 is 0 Å². The molecule has 0 rings (SSSR count). The van der Waals surface area contributed by atoms with Crippen LogP contribution in [0.25, 0.3) is 0 Å². The molecule has 0 bridgehead atoms. The zero-order valence-corrected chi connectivity index (χ0v) is 12.6. The quantitative estimate of drug-likeness (QED) is 0.246. The second kappa shape index (κ2) is 7.68. The van der Waals surface area contributed by atoms with Crippen molar-refractivity contribution in [3.8, 4) is 11.8 Å². The molecule has 0 aliphatic carbocycles. The molecule has 0 spiro atoms. The molecular formula is C14H20O6. The fourth-order valence-electron chi connectivity index (χ4n) is 1.51. The highest BCUT2D eigenvalue weighted by Gasteiger charge is 2.44. The number of hydrogen-bond acceptors (Lipinski definition) is 6. The highest BCUT2D eigenvalue weighted by molar-refractivity contribution is 5.88. The topological polar surface area (TPSA) is 71.1 Å². The summed E-state index contributed by atoms with van der Waals surface area (Å²) >= 11 is 0. The van der Waals surface area contributed by atoms with E-state index < -0.39 is 23.1 Å². The molecule has 6 heteroatoms. The lowest BCUT2D eigenvalue weighted by atomic mass is 9.82. The molecule has 0 aromatic rings. The number of ether oxygens (including phenoxy) is 4. The molecule has 0 amide bonds. The molecule has 0 unspecified atom stereocenters. The summed E-state index contributed by atoms with van der Waals surface area (Å²) in [6.07, 6.45) is 2.78. The SMILES string of the molecule is COC(=O)C#CC(OC)(OC)C(C)(C)/C=C\C(=O)OC. The maximum absolute atomic E-state index is 11.2. The largest absolute Gasteiger partial charge is 0.466 e. The summed E-state index contributed by atoms with van der Waals surface area (Å²) in [5.41, 5.74) is -0.828. The summed E-state index contributed by atoms with van der Waals surface area (Å²) < 4.78 is 19.6. The minimum absolute atomic E-state index is 0.514. The number of carbonyl (C=O) groups excluding carboxylic acids is 2. The van der Waals surface area contributed by atoms with Crippen molar-refractivity contribution in [3.05, 3.63) is 12.2 Å². The van der Waals surface area contributed by atoms with Gasteiger partial charge in [-0.1, -0.05) is 19.9 Å². The van der Waals surface area contributed by atoms with Crippen LogP contribution in [0.1, 0.15) is 13.8 Å². The molecule has 112 valence electrons. The van der Waals surface area contributed by atoms with Crippen LogP contribution in [0.2, 0.25) is 0 Å². The van der Waals surface area contributed by atoms with Crippen LogP contribution >= 0.6 is 0 Å². The van der Waals surface area contributed by atoms with Gasteiger partial charge < -0.3 is 18.9 Å². The molecule has 0 heterocycles. The van der Waals surface area contributed by atoms with Gasteiger partial charge in [0, 0.05) is 31.6 Å². The Hall–Kier alpha value is -1.84. The predicted octanol–water partition coefficient (Wildman–Crippen LogP) is 0.907. The van der Waals surface area contributed by atoms with E-state index in [0.29, 0.717) is 0 Å². The molecule has 0 aromatic carbocycles. The molecule has 0 aliphatic rings. The van der Waals surface area contributed by atoms with Gasteiger partial charge in [0.05, 0.1) is 14.2 Å². The highest BCUT2D eigenvalue weighted by atomic mass is 16.7. The third kappa shape index (κ3) is 4.37. The van der Waals surface area contributed by atoms with Crippen molar-refractivity contribution in [2.45, 2.75) is 19.6 Å². The molecule has 0 atom stereocenters. The van der Waals surface area contributed by atoms with Crippen LogP contribution in [0.15, 0.2) is 12.2 Å². The summed E-state index contributed by atoms with van der Waals surface area (Å²) in [5, 5.41) is 0. The smallest absolute Gasteiger partial charge is 0.384 e. The molecule has 0 radical (unpaired) electrons. The van der Waals surface area contributed by atoms with Gasteiger partial charge in [0.2, 0.25) is 5.79 Å². The number of carbonyl (C=O) groups is 2. The van der Waals surface area contributed by atoms with Gasteiger partial charge in [0.25, 0.3) is 0 Å². The summed E-state index contributed by atoms with van der Waals surface area (Å²) in [5.74, 6) is 2.23. The molecule has 0 aromatic heterocycles. The maximum Gasteiger partial charge on any atom is 0.384 e. The first kappa shape index (κ1) is 18.2. The van der Waals surface area contributed by atoms with E-state index in [0.717, 1.165) is 0 Å². The highest BCUT2D eigenvalue weighted by Crippen LogP contribution is 2.35. The Kier molecular flexibility index (Phi) is 6.97. The first-order valence-corrected chi connectivity index (χ1v) is 5.77. The molecule has 0 fully saturated rings. The van der Waals surface area contributed by atoms with Crippen molar-refractivity contribution in [2.24, 2.45) is 5.41 Å². The molecule has 20 heavy (non-hydrogen) atoms. The van der Waals surface area contributed by atoms with Gasteiger partial charge in [-0.3, -0.25) is 0 Å². The summed E-state index contributed by atoms with van der Waals surface area (Å²) in [6, 6.07) is 0. The van der Waals surface area contributed by atoms with E-state index in [1.54, 1.807) is 13.8 Å². The Morgan fingerprint density at radius 2 is 1.55 bits per heavy atom. The lowest BCUT2D eigenvalue weighted by molar-refractivity contribution is -0.212. The van der Waals surface area contributed by atoms with Crippen LogP contribution in [0, 0.1) is 17.3 Å². The van der Waals surface area contributed by atoms with Gasteiger partial charge in [-0.25, -0.2) is 9.59 Å². The predicted molar refractivity (Wildman–Crippen MR) is 71.5 cm³/mol. The Morgan fingerprint density at radius 3 is 1.95 bits per heavy atom. The van der Waals surface area contributed by atoms with E-state index in [2.05, 4.69) is 21.3 Å². The van der Waals surface area contributed by atoms with Crippen LogP contribution in [0.5, 0.6) is 0 Å². The minimum atomic E-state index is -1.41. The molecular weight excluding hydrogens is 264 g/mol. The molecule has 0 N–H and O–H groups in total. The first-order chi connectivity index (χ1) is 9.28. The summed E-state index contributed by atoms with van der Waals surface area (Å²) in [6.45, 7) is 3.48. The van der Waals surface area contributed by atoms with Crippen molar-refractivity contribution in [1.82, 2.24) is 0 Å². The third-order valence-electron chi connectivity index (χ3n) is 2.77. The van der Waals surface area contributed by atoms with Crippen LogP contribution in [-0.4, -0.2) is 46.2 Å². The number of methoxy groups -OCH3 is 4. The van der Waals surface area contributed by atoms with Gasteiger partial charge >= 0.3 is 11.9 Å². The zero-order valence-electron chi connectivity index (χ0n) is 12.6. The van der Waals surface area contributed by atoms with E-state index in [9.17, 15) is 9.59 Å². The molecule has 0 saturated carbocycles. The number of rotatable bonds is 5. The Balaban J connectivity index is 5.52. The van der Waals surface area contributed by atoms with Crippen LogP contribution in [-0.2, 0) is 28.5 Å². The average Bonchev–Trinajstić information content (AvgIpc) is 2.45. The average molecular weight is 284 g/mol. The lowest BCUT2D eigenvalue weighted by Crippen LogP contribution is -2.46. The standard InChI is InChI=1S/C14H20O6/c1-13(2,9-7-11(15)17-3)14(19-5,20-6)10-8-12(16)18-4/h7,9H,1-6H3/b9-7-. The second-order valence-electron chi connectivity index (χ2n) is 4.34. The zero-order chi connectivity index (χ0) is 15.8. The third-order valence-corrected chi connectivity index (χ3v) is 2.77. The van der Waals surface area contributed by atoms with Crippen molar-refractivity contribution in [3.63, 3.8) is 0 Å². The number of esters is 2. The van der Waals surface area contributed by atoms with Gasteiger partial charge in [-0.15, -0.1) is 0 Å². The summed E-state index contributed by atoms with van der Waals surface area (Å²) in [4.78, 5) is 22.3. The van der Waals surface area contributed by atoms with E-state index in [4.69, 9.17) is 9.47 Å². The Labute approximate surface area is 119 Å². The van der Waals surface area contributed by atoms with Gasteiger partial charge in [0.1, 0.15) is 0 Å². The maximum atomic E-state index is 11.2. The number of hydrogen-bond donors (Lipinski definition) is 0. The van der Waals surface area contributed by atoms with Gasteiger partial charge in [-0.2, -0.15) is 0 Å². The molecule has 6 nitrogen and oxygen atoms in total.